The lowest BCUT2D eigenvalue weighted by Gasteiger charge is -2.15. The molecule has 0 saturated heterocycles. The van der Waals surface area contributed by atoms with Crippen LogP contribution in [-0.2, 0) is 19.1 Å². The van der Waals surface area contributed by atoms with Gasteiger partial charge in [-0.2, -0.15) is 0 Å². The first-order valence-electron chi connectivity index (χ1n) is 32.5. The summed E-state index contributed by atoms with van der Waals surface area (Å²) in [6.45, 7) is 4.06. The maximum absolute atomic E-state index is 12.3. The second-order valence-corrected chi connectivity index (χ2v) is 21.8. The predicted octanol–water partition coefficient (Wildman–Crippen LogP) is 22.3. The number of hydrogen-bond acceptors (Lipinski definition) is 5. The van der Waals surface area contributed by atoms with Crippen molar-refractivity contribution in [2.45, 2.75) is 341 Å². The van der Waals surface area contributed by atoms with Gasteiger partial charge in [0.25, 0.3) is 0 Å². The average Bonchev–Trinajstić information content (AvgIpc) is 3.40. The Bertz CT molecular complexity index is 1310. The number of rotatable bonds is 60. The van der Waals surface area contributed by atoms with E-state index in [1.807, 2.05) is 0 Å². The van der Waals surface area contributed by atoms with Crippen LogP contribution in [0.4, 0.5) is 0 Å². The fourth-order valence-electron chi connectivity index (χ4n) is 9.64. The fourth-order valence-corrected chi connectivity index (χ4v) is 9.64. The highest BCUT2D eigenvalue weighted by Gasteiger charge is 2.16. The van der Waals surface area contributed by atoms with Crippen molar-refractivity contribution in [2.75, 3.05) is 13.2 Å². The second kappa shape index (κ2) is 64.6. The molecule has 0 aromatic carbocycles. The lowest BCUT2D eigenvalue weighted by atomic mass is 10.0. The van der Waals surface area contributed by atoms with Gasteiger partial charge in [-0.25, -0.2) is 0 Å². The number of carbonyl (C=O) groups excluding carboxylic acids is 2. The van der Waals surface area contributed by atoms with E-state index >= 15 is 0 Å². The van der Waals surface area contributed by atoms with E-state index in [0.717, 1.165) is 70.6 Å². The monoisotopic (exact) mass is 1030 g/mol. The minimum Gasteiger partial charge on any atom is -0.462 e. The third kappa shape index (κ3) is 61.9. The van der Waals surface area contributed by atoms with Crippen LogP contribution in [0.1, 0.15) is 335 Å². The molecule has 1 unspecified atom stereocenters. The van der Waals surface area contributed by atoms with Gasteiger partial charge < -0.3 is 14.6 Å². The minimum absolute atomic E-state index is 0.0658. The van der Waals surface area contributed by atoms with Crippen LogP contribution in [0.25, 0.3) is 0 Å². The summed E-state index contributed by atoms with van der Waals surface area (Å²) in [4.78, 5) is 24.6. The van der Waals surface area contributed by atoms with Crippen LogP contribution >= 0.6 is 0 Å². The van der Waals surface area contributed by atoms with Gasteiger partial charge in [0.2, 0.25) is 0 Å². The zero-order chi connectivity index (χ0) is 53.4. The van der Waals surface area contributed by atoms with Crippen LogP contribution in [0, 0.1) is 0 Å². The summed E-state index contributed by atoms with van der Waals surface area (Å²) in [5, 5.41) is 9.68. The van der Waals surface area contributed by atoms with Crippen LogP contribution in [-0.4, -0.2) is 36.4 Å². The van der Waals surface area contributed by atoms with Crippen LogP contribution in [0.2, 0.25) is 0 Å². The Kier molecular flexibility index (Phi) is 62.3. The van der Waals surface area contributed by atoms with E-state index in [9.17, 15) is 14.7 Å². The smallest absolute Gasteiger partial charge is 0.306 e. The summed E-state index contributed by atoms with van der Waals surface area (Å²) in [5.41, 5.74) is 0. The van der Waals surface area contributed by atoms with Gasteiger partial charge in [0.15, 0.2) is 6.10 Å². The van der Waals surface area contributed by atoms with Crippen LogP contribution < -0.4 is 0 Å². The summed E-state index contributed by atoms with van der Waals surface area (Å²) in [5.74, 6) is -0.581. The Morgan fingerprint density at radius 2 is 0.581 bits per heavy atom. The normalized spacial score (nSPS) is 12.6. The Labute approximate surface area is 461 Å². The first-order chi connectivity index (χ1) is 36.6. The third-order valence-corrected chi connectivity index (χ3v) is 14.5. The SMILES string of the molecule is CC/C=C\C/C=C\C/C=C\C/C=C\C/C=C\CCCCCCCCCCCCCC(=O)OC(CO)COC(=O)CCCCCCCCCCCCCCCCCCCCCCC/C=C\CCCCCCCCCC. The van der Waals surface area contributed by atoms with Gasteiger partial charge in [-0.15, -0.1) is 0 Å². The highest BCUT2D eigenvalue weighted by molar-refractivity contribution is 5.70. The van der Waals surface area contributed by atoms with Crippen molar-refractivity contribution in [1.29, 1.82) is 0 Å². The highest BCUT2D eigenvalue weighted by Crippen LogP contribution is 2.18. The third-order valence-electron chi connectivity index (χ3n) is 14.5. The maximum atomic E-state index is 12.3. The first-order valence-corrected chi connectivity index (χ1v) is 32.5. The van der Waals surface area contributed by atoms with Crippen LogP contribution in [0.5, 0.6) is 0 Å². The molecule has 430 valence electrons. The van der Waals surface area contributed by atoms with Crippen molar-refractivity contribution >= 4 is 11.9 Å². The summed E-state index contributed by atoms with van der Waals surface area (Å²) >= 11 is 0. The molecule has 0 rings (SSSR count). The summed E-state index contributed by atoms with van der Waals surface area (Å²) < 4.78 is 10.7. The van der Waals surface area contributed by atoms with Crippen LogP contribution in [0.15, 0.2) is 72.9 Å². The second-order valence-electron chi connectivity index (χ2n) is 21.8. The molecule has 74 heavy (non-hydrogen) atoms. The topological polar surface area (TPSA) is 72.8 Å². The van der Waals surface area contributed by atoms with Crippen molar-refractivity contribution in [3.8, 4) is 0 Å². The Morgan fingerprint density at radius 3 is 0.892 bits per heavy atom. The lowest BCUT2D eigenvalue weighted by molar-refractivity contribution is -0.161. The van der Waals surface area contributed by atoms with Gasteiger partial charge in [0.05, 0.1) is 6.61 Å². The van der Waals surface area contributed by atoms with Gasteiger partial charge in [-0.1, -0.05) is 311 Å². The van der Waals surface area contributed by atoms with Crippen molar-refractivity contribution < 1.29 is 24.2 Å². The van der Waals surface area contributed by atoms with E-state index in [1.54, 1.807) is 0 Å². The zero-order valence-corrected chi connectivity index (χ0v) is 49.4. The van der Waals surface area contributed by atoms with E-state index in [1.165, 1.54) is 238 Å². The minimum atomic E-state index is -0.777. The number of unbranched alkanes of at least 4 members (excludes halogenated alkanes) is 40. The molecule has 0 saturated carbocycles. The molecular weight excluding hydrogens is 909 g/mol. The van der Waals surface area contributed by atoms with Gasteiger partial charge in [-0.05, 0) is 83.5 Å². The fraction of sp³-hybridized carbons (Fsp3) is 0.797. The number of esters is 2. The van der Waals surface area contributed by atoms with Gasteiger partial charge in [0, 0.05) is 12.8 Å². The molecule has 0 aliphatic rings. The molecule has 0 spiro atoms. The molecular formula is C69H124O5. The number of aliphatic hydroxyl groups excluding tert-OH is 1. The number of ether oxygens (including phenoxy) is 2. The average molecular weight is 1030 g/mol. The van der Waals surface area contributed by atoms with E-state index in [4.69, 9.17) is 9.47 Å². The molecule has 1 N–H and O–H groups in total. The van der Waals surface area contributed by atoms with E-state index in [2.05, 4.69) is 86.8 Å². The standard InChI is InChI=1S/C69H124O5/c1-3-5-7-9-11-13-15-17-19-21-23-25-27-29-31-32-33-34-35-36-38-39-41-43-45-47-49-51-53-55-57-59-61-63-68(71)73-66-67(65-70)74-69(72)64-62-60-58-56-54-52-50-48-46-44-42-40-37-30-28-26-24-22-20-18-16-14-12-10-8-6-4-2/h6,8,12,14,18,20-21,23-24,26,30,37,67,70H,3-5,7,9-11,13,15-17,19,22,25,27-29,31-36,38-66H2,1-2H3/b8-6-,14-12-,20-18-,23-21-,26-24-,37-30-. The van der Waals surface area contributed by atoms with E-state index in [0.29, 0.717) is 12.8 Å². The molecule has 1 atom stereocenters. The number of aliphatic hydroxyl groups is 1. The predicted molar refractivity (Wildman–Crippen MR) is 325 cm³/mol. The lowest BCUT2D eigenvalue weighted by Crippen LogP contribution is -2.28. The largest absolute Gasteiger partial charge is 0.462 e. The van der Waals surface area contributed by atoms with Gasteiger partial charge in [-0.3, -0.25) is 9.59 Å². The maximum Gasteiger partial charge on any atom is 0.306 e. The van der Waals surface area contributed by atoms with Crippen molar-refractivity contribution in [3.05, 3.63) is 72.9 Å². The molecule has 0 aliphatic heterocycles. The molecule has 0 bridgehead atoms. The number of carbonyl (C=O) groups is 2. The summed E-state index contributed by atoms with van der Waals surface area (Å²) in [6, 6.07) is 0. The van der Waals surface area contributed by atoms with E-state index in [-0.39, 0.29) is 25.2 Å². The quantitative estimate of drug-likeness (QED) is 0.0373. The molecule has 0 aromatic rings. The Balaban J connectivity index is 3.43. The zero-order valence-electron chi connectivity index (χ0n) is 49.4. The highest BCUT2D eigenvalue weighted by atomic mass is 16.6. The molecule has 5 nitrogen and oxygen atoms in total. The first kappa shape index (κ1) is 71.3. The van der Waals surface area contributed by atoms with Gasteiger partial charge in [0.1, 0.15) is 6.61 Å². The molecule has 0 amide bonds. The van der Waals surface area contributed by atoms with E-state index < -0.39 is 6.10 Å². The summed E-state index contributed by atoms with van der Waals surface area (Å²) in [6.07, 6.45) is 89.1. The molecule has 0 fully saturated rings. The molecule has 0 aromatic heterocycles. The molecule has 0 radical (unpaired) electrons. The van der Waals surface area contributed by atoms with Crippen molar-refractivity contribution in [2.24, 2.45) is 0 Å². The molecule has 0 heterocycles. The number of hydrogen-bond donors (Lipinski definition) is 1. The Hall–Kier alpha value is -2.66. The number of allylic oxidation sites excluding steroid dienone is 12. The molecule has 0 aliphatic carbocycles. The summed E-state index contributed by atoms with van der Waals surface area (Å²) in [7, 11) is 0. The van der Waals surface area contributed by atoms with Crippen molar-refractivity contribution in [1.82, 2.24) is 0 Å². The van der Waals surface area contributed by atoms with Gasteiger partial charge >= 0.3 is 11.9 Å². The molecule has 5 heteroatoms. The van der Waals surface area contributed by atoms with Crippen LogP contribution in [0.3, 0.4) is 0 Å². The van der Waals surface area contributed by atoms with Crippen molar-refractivity contribution in [3.63, 3.8) is 0 Å². The Morgan fingerprint density at radius 1 is 0.324 bits per heavy atom.